The number of rotatable bonds is 1. The zero-order valence-electron chi connectivity index (χ0n) is 6.97. The lowest BCUT2D eigenvalue weighted by molar-refractivity contribution is -0.138. The van der Waals surface area contributed by atoms with E-state index < -0.39 is 29.0 Å². The highest BCUT2D eigenvalue weighted by atomic mass is 127. The Labute approximate surface area is 95.7 Å². The molecular formula is C8H4F3IO3. The molecule has 0 unspecified atom stereocenters. The normalized spacial score (nSPS) is 11.5. The standard InChI is InChI=1S/C8H4F3IO3/c9-8(10,11)5-2-3(12)1-4(6(5)13)7(14)15/h1-2,13H,(H,14,15). The van der Waals surface area contributed by atoms with Crippen molar-refractivity contribution in [1.82, 2.24) is 0 Å². The predicted molar refractivity (Wildman–Crippen MR) is 52.8 cm³/mol. The van der Waals surface area contributed by atoms with Gasteiger partial charge in [-0.3, -0.25) is 0 Å². The Morgan fingerprint density at radius 3 is 2.27 bits per heavy atom. The van der Waals surface area contributed by atoms with E-state index in [-0.39, 0.29) is 3.57 Å². The van der Waals surface area contributed by atoms with E-state index in [1.807, 2.05) is 0 Å². The van der Waals surface area contributed by atoms with E-state index in [0.29, 0.717) is 6.07 Å². The summed E-state index contributed by atoms with van der Waals surface area (Å²) >= 11 is 1.55. The van der Waals surface area contributed by atoms with Crippen LogP contribution in [0.5, 0.6) is 5.75 Å². The SMILES string of the molecule is O=C(O)c1cc(I)cc(C(F)(F)F)c1O. The fourth-order valence-corrected chi connectivity index (χ4v) is 1.60. The van der Waals surface area contributed by atoms with Crippen LogP contribution in [0.15, 0.2) is 12.1 Å². The first kappa shape index (κ1) is 12.1. The Balaban J connectivity index is 3.49. The van der Waals surface area contributed by atoms with Crippen molar-refractivity contribution in [3.63, 3.8) is 0 Å². The summed E-state index contributed by atoms with van der Waals surface area (Å²) in [5, 5.41) is 17.7. The largest absolute Gasteiger partial charge is 0.506 e. The van der Waals surface area contributed by atoms with Crippen LogP contribution in [0.4, 0.5) is 13.2 Å². The molecular weight excluding hydrogens is 328 g/mol. The van der Waals surface area contributed by atoms with Gasteiger partial charge in [-0.25, -0.2) is 4.79 Å². The molecule has 0 bridgehead atoms. The average Bonchev–Trinajstić information content (AvgIpc) is 2.06. The molecule has 0 aliphatic heterocycles. The quantitative estimate of drug-likeness (QED) is 0.778. The van der Waals surface area contributed by atoms with Crippen LogP contribution in [-0.2, 0) is 6.18 Å². The number of phenols is 1. The Hall–Kier alpha value is -0.990. The first-order chi connectivity index (χ1) is 6.73. The van der Waals surface area contributed by atoms with Gasteiger partial charge in [-0.05, 0) is 34.7 Å². The second-order valence-corrected chi connectivity index (χ2v) is 3.90. The van der Waals surface area contributed by atoms with Gasteiger partial charge in [-0.1, -0.05) is 0 Å². The molecule has 0 saturated heterocycles. The van der Waals surface area contributed by atoms with Crippen molar-refractivity contribution < 1.29 is 28.2 Å². The van der Waals surface area contributed by atoms with Gasteiger partial charge in [-0.15, -0.1) is 0 Å². The lowest BCUT2D eigenvalue weighted by Gasteiger charge is -2.11. The molecule has 0 amide bonds. The van der Waals surface area contributed by atoms with Crippen LogP contribution in [0, 0.1) is 3.57 Å². The summed E-state index contributed by atoms with van der Waals surface area (Å²) in [5.41, 5.74) is -2.10. The molecule has 0 radical (unpaired) electrons. The van der Waals surface area contributed by atoms with Gasteiger partial charge in [0.1, 0.15) is 11.3 Å². The van der Waals surface area contributed by atoms with Crippen LogP contribution in [0.3, 0.4) is 0 Å². The Morgan fingerprint density at radius 1 is 1.33 bits per heavy atom. The van der Waals surface area contributed by atoms with Gasteiger partial charge >= 0.3 is 12.1 Å². The van der Waals surface area contributed by atoms with Gasteiger partial charge in [-0.2, -0.15) is 13.2 Å². The number of hydrogen-bond donors (Lipinski definition) is 2. The Kier molecular flexibility index (Phi) is 3.12. The van der Waals surface area contributed by atoms with Crippen molar-refractivity contribution in [3.05, 3.63) is 26.8 Å². The summed E-state index contributed by atoms with van der Waals surface area (Å²) in [5.74, 6) is -2.85. The fourth-order valence-electron chi connectivity index (χ4n) is 0.978. The van der Waals surface area contributed by atoms with E-state index in [0.717, 1.165) is 6.07 Å². The second kappa shape index (κ2) is 3.87. The highest BCUT2D eigenvalue weighted by molar-refractivity contribution is 14.1. The highest BCUT2D eigenvalue weighted by Crippen LogP contribution is 2.38. The molecule has 0 aliphatic rings. The molecule has 0 saturated carbocycles. The van der Waals surface area contributed by atoms with Crippen LogP contribution in [0.2, 0.25) is 0 Å². The van der Waals surface area contributed by atoms with Crippen LogP contribution in [-0.4, -0.2) is 16.2 Å². The zero-order chi connectivity index (χ0) is 11.8. The number of benzene rings is 1. The number of carbonyl (C=O) groups is 1. The summed E-state index contributed by atoms with van der Waals surface area (Å²) in [6.07, 6.45) is -4.77. The maximum absolute atomic E-state index is 12.3. The van der Waals surface area contributed by atoms with E-state index >= 15 is 0 Å². The molecule has 0 aromatic heterocycles. The first-order valence-corrected chi connectivity index (χ1v) is 4.64. The van der Waals surface area contributed by atoms with Crippen molar-refractivity contribution in [2.24, 2.45) is 0 Å². The van der Waals surface area contributed by atoms with E-state index in [1.54, 1.807) is 22.6 Å². The molecule has 82 valence electrons. The minimum atomic E-state index is -4.77. The third kappa shape index (κ3) is 2.52. The van der Waals surface area contributed by atoms with Crippen LogP contribution in [0.1, 0.15) is 15.9 Å². The molecule has 0 spiro atoms. The minimum absolute atomic E-state index is 0.0927. The lowest BCUT2D eigenvalue weighted by Crippen LogP contribution is -2.09. The Bertz CT molecular complexity index is 414. The third-order valence-electron chi connectivity index (χ3n) is 1.61. The number of carboxylic acids is 1. The zero-order valence-corrected chi connectivity index (χ0v) is 9.13. The van der Waals surface area contributed by atoms with Gasteiger partial charge in [0.25, 0.3) is 0 Å². The predicted octanol–water partition coefficient (Wildman–Crippen LogP) is 2.71. The number of aromatic hydroxyl groups is 1. The molecule has 0 fully saturated rings. The van der Waals surface area contributed by atoms with E-state index in [1.165, 1.54) is 0 Å². The second-order valence-electron chi connectivity index (χ2n) is 2.65. The lowest BCUT2D eigenvalue weighted by atomic mass is 10.1. The molecule has 1 aromatic carbocycles. The highest BCUT2D eigenvalue weighted by Gasteiger charge is 2.36. The van der Waals surface area contributed by atoms with Crippen molar-refractivity contribution in [2.45, 2.75) is 6.18 Å². The maximum atomic E-state index is 12.3. The van der Waals surface area contributed by atoms with E-state index in [4.69, 9.17) is 10.2 Å². The van der Waals surface area contributed by atoms with Crippen molar-refractivity contribution in [1.29, 1.82) is 0 Å². The fraction of sp³-hybridized carbons (Fsp3) is 0.125. The third-order valence-corrected chi connectivity index (χ3v) is 2.23. The van der Waals surface area contributed by atoms with Crippen molar-refractivity contribution in [3.8, 4) is 5.75 Å². The van der Waals surface area contributed by atoms with E-state index in [9.17, 15) is 18.0 Å². The average molecular weight is 332 g/mol. The van der Waals surface area contributed by atoms with Crippen LogP contribution < -0.4 is 0 Å². The van der Waals surface area contributed by atoms with Crippen LogP contribution in [0.25, 0.3) is 0 Å². The minimum Gasteiger partial charge on any atom is -0.506 e. The van der Waals surface area contributed by atoms with E-state index in [2.05, 4.69) is 0 Å². The molecule has 0 atom stereocenters. The van der Waals surface area contributed by atoms with Gasteiger partial charge in [0, 0.05) is 3.57 Å². The summed E-state index contributed by atoms with van der Waals surface area (Å²) in [4.78, 5) is 10.5. The molecule has 2 N–H and O–H groups in total. The number of carboxylic acid groups (broad SMARTS) is 1. The number of hydrogen-bond acceptors (Lipinski definition) is 2. The van der Waals surface area contributed by atoms with Gasteiger partial charge in [0.05, 0.1) is 5.56 Å². The monoisotopic (exact) mass is 332 g/mol. The summed E-state index contributed by atoms with van der Waals surface area (Å²) in [7, 11) is 0. The van der Waals surface area contributed by atoms with Gasteiger partial charge in [0.15, 0.2) is 0 Å². The molecule has 7 heteroatoms. The summed E-state index contributed by atoms with van der Waals surface area (Å²) in [6.45, 7) is 0. The molecule has 1 aromatic rings. The number of alkyl halides is 3. The number of halogens is 4. The van der Waals surface area contributed by atoms with Crippen LogP contribution >= 0.6 is 22.6 Å². The van der Waals surface area contributed by atoms with Gasteiger partial charge < -0.3 is 10.2 Å². The maximum Gasteiger partial charge on any atom is 0.420 e. The van der Waals surface area contributed by atoms with Gasteiger partial charge in [0.2, 0.25) is 0 Å². The molecule has 0 aliphatic carbocycles. The topological polar surface area (TPSA) is 57.5 Å². The first-order valence-electron chi connectivity index (χ1n) is 3.56. The summed E-state index contributed by atoms with van der Waals surface area (Å²) in [6, 6.07) is 1.65. The molecule has 3 nitrogen and oxygen atoms in total. The Morgan fingerprint density at radius 2 is 1.87 bits per heavy atom. The molecule has 1 rings (SSSR count). The molecule has 0 heterocycles. The molecule has 15 heavy (non-hydrogen) atoms. The number of aromatic carboxylic acids is 1. The van der Waals surface area contributed by atoms with Crippen molar-refractivity contribution >= 4 is 28.6 Å². The van der Waals surface area contributed by atoms with Crippen molar-refractivity contribution in [2.75, 3.05) is 0 Å². The summed E-state index contributed by atoms with van der Waals surface area (Å²) < 4.78 is 37.0. The smallest absolute Gasteiger partial charge is 0.420 e.